The van der Waals surface area contributed by atoms with E-state index in [1.807, 2.05) is 0 Å². The van der Waals surface area contributed by atoms with Gasteiger partial charge in [0.25, 0.3) is 0 Å². The average molecular weight is 485 g/mol. The van der Waals surface area contributed by atoms with Crippen molar-refractivity contribution in [2.75, 3.05) is 6.61 Å². The molecule has 0 aliphatic carbocycles. The van der Waals surface area contributed by atoms with Crippen molar-refractivity contribution in [2.45, 2.75) is 38.0 Å². The maximum atomic E-state index is 13.2. The summed E-state index contributed by atoms with van der Waals surface area (Å²) < 4.78 is 57.1. The molecule has 1 aliphatic heterocycles. The molecule has 0 N–H and O–H groups in total. The summed E-state index contributed by atoms with van der Waals surface area (Å²) >= 11 is 5.87. The van der Waals surface area contributed by atoms with E-state index in [1.165, 1.54) is 17.8 Å². The number of hydrogen-bond acceptors (Lipinski definition) is 8. The topological polar surface area (TPSA) is 105 Å². The third kappa shape index (κ3) is 4.91. The van der Waals surface area contributed by atoms with Crippen LogP contribution in [0.15, 0.2) is 36.7 Å². The minimum atomic E-state index is -4.84. The number of halogens is 4. The van der Waals surface area contributed by atoms with E-state index >= 15 is 0 Å². The molecule has 1 fully saturated rings. The molecule has 3 atom stereocenters. The first-order valence-electron chi connectivity index (χ1n) is 9.65. The number of alkyl halides is 3. The summed E-state index contributed by atoms with van der Waals surface area (Å²) in [6.07, 6.45) is -6.23. The highest BCUT2D eigenvalue weighted by Gasteiger charge is 2.41. The number of ether oxygens (including phenoxy) is 3. The number of hydrogen-bond donors (Lipinski definition) is 0. The highest BCUT2D eigenvalue weighted by Crippen LogP contribution is 2.36. The smallest absolute Gasteiger partial charge is 0.451 e. The molecule has 1 saturated heterocycles. The van der Waals surface area contributed by atoms with Crippen molar-refractivity contribution in [2.24, 2.45) is 0 Å². The lowest BCUT2D eigenvalue weighted by Crippen LogP contribution is -2.25. The molecule has 1 aliphatic rings. The normalized spacial score (nSPS) is 20.7. The van der Waals surface area contributed by atoms with Crippen molar-refractivity contribution in [3.05, 3.63) is 53.2 Å². The largest absolute Gasteiger partial charge is 0.459 e. The summed E-state index contributed by atoms with van der Waals surface area (Å²) in [6.45, 7) is 1.02. The average Bonchev–Trinajstić information content (AvgIpc) is 3.35. The van der Waals surface area contributed by atoms with Gasteiger partial charge in [0, 0.05) is 13.3 Å². The molecule has 0 saturated carbocycles. The van der Waals surface area contributed by atoms with Crippen LogP contribution in [0.3, 0.4) is 0 Å². The SMILES string of the molecule is CC(=O)O[C@@H]1C[C@@H](COC(=O)c2ccccc2)O[C@H]1n1cnc2c(Cl)nc(C(F)(F)F)nc21. The Morgan fingerprint density at radius 3 is 2.64 bits per heavy atom. The molecule has 1 aromatic carbocycles. The van der Waals surface area contributed by atoms with Gasteiger partial charge in [0.15, 0.2) is 17.0 Å². The zero-order valence-electron chi connectivity index (χ0n) is 17.0. The van der Waals surface area contributed by atoms with Crippen LogP contribution in [-0.2, 0) is 25.2 Å². The van der Waals surface area contributed by atoms with E-state index in [-0.39, 0.29) is 24.2 Å². The van der Waals surface area contributed by atoms with Gasteiger partial charge in [-0.1, -0.05) is 29.8 Å². The van der Waals surface area contributed by atoms with Gasteiger partial charge in [0.1, 0.15) is 18.2 Å². The molecule has 33 heavy (non-hydrogen) atoms. The molecule has 4 rings (SSSR count). The van der Waals surface area contributed by atoms with Gasteiger partial charge in [-0.25, -0.2) is 19.7 Å². The second-order valence-corrected chi connectivity index (χ2v) is 7.51. The Labute approximate surface area is 189 Å². The van der Waals surface area contributed by atoms with Gasteiger partial charge in [0.2, 0.25) is 5.82 Å². The Kier molecular flexibility index (Phi) is 6.21. The van der Waals surface area contributed by atoms with Crippen LogP contribution in [0, 0.1) is 0 Å². The number of aromatic nitrogens is 4. The molecule has 9 nitrogen and oxygen atoms in total. The van der Waals surface area contributed by atoms with E-state index in [2.05, 4.69) is 15.0 Å². The highest BCUT2D eigenvalue weighted by atomic mass is 35.5. The standard InChI is InChI=1S/C20H16ClF3N4O5/c1-10(29)32-13-7-12(8-31-18(30)11-5-3-2-4-6-11)33-17(13)28-9-25-14-15(21)26-19(20(22,23)24)27-16(14)28/h2-6,9,12-13,17H,7-8H2,1H3/t12-,13+,17+/m0/s1. The van der Waals surface area contributed by atoms with Crippen LogP contribution in [0.25, 0.3) is 11.2 Å². The summed E-state index contributed by atoms with van der Waals surface area (Å²) in [6, 6.07) is 8.29. The summed E-state index contributed by atoms with van der Waals surface area (Å²) in [4.78, 5) is 34.5. The third-order valence-electron chi connectivity index (χ3n) is 4.78. The van der Waals surface area contributed by atoms with Gasteiger partial charge in [-0.2, -0.15) is 13.2 Å². The Morgan fingerprint density at radius 2 is 1.97 bits per heavy atom. The summed E-state index contributed by atoms with van der Waals surface area (Å²) in [5.74, 6) is -2.64. The van der Waals surface area contributed by atoms with E-state index in [9.17, 15) is 22.8 Å². The number of esters is 2. The molecule has 2 aromatic heterocycles. The Bertz CT molecular complexity index is 1190. The first-order chi connectivity index (χ1) is 15.6. The zero-order chi connectivity index (χ0) is 23.8. The van der Waals surface area contributed by atoms with E-state index in [0.29, 0.717) is 5.56 Å². The van der Waals surface area contributed by atoms with Crippen LogP contribution >= 0.6 is 11.6 Å². The lowest BCUT2D eigenvalue weighted by molar-refractivity contribution is -0.152. The number of fused-ring (bicyclic) bond motifs is 1. The molecular weight excluding hydrogens is 469 g/mol. The van der Waals surface area contributed by atoms with Crippen molar-refractivity contribution in [3.63, 3.8) is 0 Å². The molecule has 0 radical (unpaired) electrons. The Hall–Kier alpha value is -3.25. The third-order valence-corrected chi connectivity index (χ3v) is 5.04. The van der Waals surface area contributed by atoms with E-state index in [0.717, 1.165) is 0 Å². The molecule has 174 valence electrons. The van der Waals surface area contributed by atoms with Crippen molar-refractivity contribution >= 4 is 34.7 Å². The van der Waals surface area contributed by atoms with Gasteiger partial charge < -0.3 is 14.2 Å². The van der Waals surface area contributed by atoms with Crippen LogP contribution in [0.5, 0.6) is 0 Å². The molecule has 3 heterocycles. The summed E-state index contributed by atoms with van der Waals surface area (Å²) in [5, 5.41) is -0.485. The van der Waals surface area contributed by atoms with E-state index in [4.69, 9.17) is 25.8 Å². The monoisotopic (exact) mass is 484 g/mol. The second-order valence-electron chi connectivity index (χ2n) is 7.16. The van der Waals surface area contributed by atoms with Crippen molar-refractivity contribution in [3.8, 4) is 0 Å². The van der Waals surface area contributed by atoms with Gasteiger partial charge in [0.05, 0.1) is 18.0 Å². The lowest BCUT2D eigenvalue weighted by Gasteiger charge is -2.20. The first kappa shape index (κ1) is 22.9. The van der Waals surface area contributed by atoms with Crippen molar-refractivity contribution < 1.29 is 37.0 Å². The minimum Gasteiger partial charge on any atom is -0.459 e. The predicted octanol–water partition coefficient (Wildman–Crippen LogP) is 3.57. The Balaban J connectivity index is 1.59. The molecule has 0 bridgehead atoms. The van der Waals surface area contributed by atoms with Gasteiger partial charge in [-0.05, 0) is 12.1 Å². The van der Waals surface area contributed by atoms with Gasteiger partial charge in [-0.15, -0.1) is 0 Å². The maximum absolute atomic E-state index is 13.2. The summed E-state index contributed by atoms with van der Waals surface area (Å²) in [5.41, 5.74) is 0.0235. The van der Waals surface area contributed by atoms with Crippen LogP contribution in [0.1, 0.15) is 35.8 Å². The lowest BCUT2D eigenvalue weighted by atomic mass is 10.2. The number of carbonyl (C=O) groups excluding carboxylic acids is 2. The number of benzene rings is 1. The van der Waals surface area contributed by atoms with Crippen LogP contribution in [-0.4, -0.2) is 50.3 Å². The molecule has 0 amide bonds. The molecule has 0 spiro atoms. The maximum Gasteiger partial charge on any atom is 0.451 e. The second kappa shape index (κ2) is 8.94. The fraction of sp³-hybridized carbons (Fsp3) is 0.350. The molecule has 0 unspecified atom stereocenters. The fourth-order valence-electron chi connectivity index (χ4n) is 3.41. The number of carbonyl (C=O) groups is 2. The van der Waals surface area contributed by atoms with Gasteiger partial charge in [-0.3, -0.25) is 9.36 Å². The first-order valence-corrected chi connectivity index (χ1v) is 10.0. The number of nitrogens with zero attached hydrogens (tertiary/aromatic N) is 4. The van der Waals surface area contributed by atoms with E-state index in [1.54, 1.807) is 30.3 Å². The summed E-state index contributed by atoms with van der Waals surface area (Å²) in [7, 11) is 0. The molecule has 3 aromatic rings. The number of imidazole rings is 1. The van der Waals surface area contributed by atoms with Gasteiger partial charge >= 0.3 is 18.1 Å². The van der Waals surface area contributed by atoms with Crippen LogP contribution in [0.2, 0.25) is 5.15 Å². The zero-order valence-corrected chi connectivity index (χ0v) is 17.7. The van der Waals surface area contributed by atoms with Crippen molar-refractivity contribution in [1.82, 2.24) is 19.5 Å². The molecular formula is C20H16ClF3N4O5. The van der Waals surface area contributed by atoms with Crippen molar-refractivity contribution in [1.29, 1.82) is 0 Å². The Morgan fingerprint density at radius 1 is 1.24 bits per heavy atom. The minimum absolute atomic E-state index is 0.0752. The van der Waals surface area contributed by atoms with Crippen LogP contribution < -0.4 is 0 Å². The quantitative estimate of drug-likeness (QED) is 0.400. The van der Waals surface area contributed by atoms with Crippen LogP contribution in [0.4, 0.5) is 13.2 Å². The van der Waals surface area contributed by atoms with E-state index < -0.39 is 47.5 Å². The number of rotatable bonds is 5. The fourth-order valence-corrected chi connectivity index (χ4v) is 3.62. The molecule has 13 heteroatoms. The highest BCUT2D eigenvalue weighted by molar-refractivity contribution is 6.33. The predicted molar refractivity (Wildman–Crippen MR) is 106 cm³/mol.